The van der Waals surface area contributed by atoms with Crippen molar-refractivity contribution in [2.24, 2.45) is 5.92 Å². The van der Waals surface area contributed by atoms with Crippen molar-refractivity contribution in [3.05, 3.63) is 24.3 Å². The molecule has 1 nitrogen and oxygen atoms in total. The molecule has 0 aromatic carbocycles. The van der Waals surface area contributed by atoms with Crippen molar-refractivity contribution in [1.82, 2.24) is 5.32 Å². The van der Waals surface area contributed by atoms with Crippen molar-refractivity contribution in [2.45, 2.75) is 25.7 Å². The van der Waals surface area contributed by atoms with Gasteiger partial charge >= 0.3 is 0 Å². The molecule has 0 heterocycles. The fourth-order valence-corrected chi connectivity index (χ4v) is 1.55. The average molecular weight is 165 g/mol. The van der Waals surface area contributed by atoms with Crippen LogP contribution in [0.4, 0.5) is 0 Å². The third kappa shape index (κ3) is 3.72. The number of hydrogen-bond acceptors (Lipinski definition) is 1. The van der Waals surface area contributed by atoms with E-state index in [1.54, 1.807) is 0 Å². The van der Waals surface area contributed by atoms with Crippen LogP contribution >= 0.6 is 0 Å². The maximum absolute atomic E-state index is 3.17. The lowest BCUT2D eigenvalue weighted by Gasteiger charge is -2.11. The lowest BCUT2D eigenvalue weighted by Crippen LogP contribution is -2.08. The van der Waals surface area contributed by atoms with Crippen molar-refractivity contribution < 1.29 is 0 Å². The summed E-state index contributed by atoms with van der Waals surface area (Å²) in [5.74, 6) is 0.812. The molecule has 1 N–H and O–H groups in total. The molecule has 0 radical (unpaired) electrons. The molecule has 0 spiro atoms. The Labute approximate surface area is 75.6 Å². The fourth-order valence-electron chi connectivity index (χ4n) is 1.55. The fraction of sp³-hybridized carbons (Fsp3) is 0.636. The molecule has 0 saturated heterocycles. The molecule has 1 heteroatoms. The second kappa shape index (κ2) is 6.01. The van der Waals surface area contributed by atoms with Gasteiger partial charge in [-0.25, -0.2) is 0 Å². The molecule has 1 aliphatic carbocycles. The van der Waals surface area contributed by atoms with Gasteiger partial charge in [-0.15, -0.1) is 0 Å². The number of hydrogen-bond donors (Lipinski definition) is 1. The first-order valence-corrected chi connectivity index (χ1v) is 4.91. The molecule has 1 unspecified atom stereocenters. The van der Waals surface area contributed by atoms with Crippen LogP contribution in [0.5, 0.6) is 0 Å². The van der Waals surface area contributed by atoms with Gasteiger partial charge in [0.15, 0.2) is 0 Å². The first-order chi connectivity index (χ1) is 5.93. The second-order valence-corrected chi connectivity index (χ2v) is 3.41. The summed E-state index contributed by atoms with van der Waals surface area (Å²) < 4.78 is 0. The quantitative estimate of drug-likeness (QED) is 0.617. The number of allylic oxidation sites excluding steroid dienone is 4. The topological polar surface area (TPSA) is 12.0 Å². The predicted octanol–water partition coefficient (Wildman–Crippen LogP) is 2.51. The smallest absolute Gasteiger partial charge is 0.00519 e. The molecule has 1 aliphatic rings. The molecule has 0 aromatic rings. The van der Waals surface area contributed by atoms with Crippen LogP contribution < -0.4 is 5.32 Å². The van der Waals surface area contributed by atoms with E-state index < -0.39 is 0 Å². The Morgan fingerprint density at radius 1 is 1.33 bits per heavy atom. The number of rotatable bonds is 5. The van der Waals surface area contributed by atoms with Gasteiger partial charge in [0, 0.05) is 0 Å². The highest BCUT2D eigenvalue weighted by Gasteiger charge is 2.03. The van der Waals surface area contributed by atoms with Gasteiger partial charge in [0.25, 0.3) is 0 Å². The minimum atomic E-state index is 0.812. The largest absolute Gasteiger partial charge is 0.320 e. The molecule has 0 aliphatic heterocycles. The van der Waals surface area contributed by atoms with Crippen LogP contribution in [0.25, 0.3) is 0 Å². The van der Waals surface area contributed by atoms with Gasteiger partial charge in [-0.1, -0.05) is 30.7 Å². The Hall–Kier alpha value is -0.560. The molecule has 0 saturated carbocycles. The standard InChI is InChI=1S/C11H19N/c1-12-10-6-5-9-11-7-3-2-4-8-11/h2-4,7,11-12H,5-6,8-10H2,1H3. The van der Waals surface area contributed by atoms with Crippen LogP contribution in [0.2, 0.25) is 0 Å². The minimum Gasteiger partial charge on any atom is -0.320 e. The molecular formula is C11H19N. The van der Waals surface area contributed by atoms with Crippen LogP contribution in [-0.4, -0.2) is 13.6 Å². The van der Waals surface area contributed by atoms with E-state index in [0.29, 0.717) is 0 Å². The summed E-state index contributed by atoms with van der Waals surface area (Å²) in [6.45, 7) is 1.16. The first kappa shape index (κ1) is 9.53. The molecule has 0 amide bonds. The zero-order valence-corrected chi connectivity index (χ0v) is 7.92. The lowest BCUT2D eigenvalue weighted by atomic mass is 9.95. The lowest BCUT2D eigenvalue weighted by molar-refractivity contribution is 0.537. The summed E-state index contributed by atoms with van der Waals surface area (Å²) in [6, 6.07) is 0. The third-order valence-corrected chi connectivity index (χ3v) is 2.32. The van der Waals surface area contributed by atoms with Crippen molar-refractivity contribution in [2.75, 3.05) is 13.6 Å². The Bertz CT molecular complexity index is 158. The highest BCUT2D eigenvalue weighted by atomic mass is 14.8. The molecular weight excluding hydrogens is 146 g/mol. The molecule has 0 bridgehead atoms. The van der Waals surface area contributed by atoms with E-state index in [4.69, 9.17) is 0 Å². The van der Waals surface area contributed by atoms with Crippen LogP contribution in [0.3, 0.4) is 0 Å². The Balaban J connectivity index is 2.00. The van der Waals surface area contributed by atoms with E-state index in [1.165, 1.54) is 25.7 Å². The zero-order chi connectivity index (χ0) is 8.65. The third-order valence-electron chi connectivity index (χ3n) is 2.32. The van der Waals surface area contributed by atoms with Crippen molar-refractivity contribution in [1.29, 1.82) is 0 Å². The Kier molecular flexibility index (Phi) is 4.77. The average Bonchev–Trinajstić information content (AvgIpc) is 2.14. The van der Waals surface area contributed by atoms with E-state index in [1.807, 2.05) is 7.05 Å². The summed E-state index contributed by atoms with van der Waals surface area (Å²) >= 11 is 0. The van der Waals surface area contributed by atoms with E-state index >= 15 is 0 Å². The van der Waals surface area contributed by atoms with E-state index in [0.717, 1.165) is 12.5 Å². The van der Waals surface area contributed by atoms with Gasteiger partial charge in [-0.2, -0.15) is 0 Å². The highest BCUT2D eigenvalue weighted by Crippen LogP contribution is 2.17. The SMILES string of the molecule is CNCCCCC1C=CC=CC1. The van der Waals surface area contributed by atoms with Crippen molar-refractivity contribution in [3.63, 3.8) is 0 Å². The zero-order valence-electron chi connectivity index (χ0n) is 7.92. The summed E-state index contributed by atoms with van der Waals surface area (Å²) in [5.41, 5.74) is 0. The number of nitrogens with one attached hydrogen (secondary N) is 1. The maximum Gasteiger partial charge on any atom is -0.00519 e. The maximum atomic E-state index is 3.17. The molecule has 12 heavy (non-hydrogen) atoms. The first-order valence-electron chi connectivity index (χ1n) is 4.91. The Morgan fingerprint density at radius 3 is 2.92 bits per heavy atom. The van der Waals surface area contributed by atoms with Crippen LogP contribution in [0.1, 0.15) is 25.7 Å². The molecule has 68 valence electrons. The monoisotopic (exact) mass is 165 g/mol. The summed E-state index contributed by atoms with van der Waals surface area (Å²) in [5, 5.41) is 3.17. The summed E-state index contributed by atoms with van der Waals surface area (Å²) in [7, 11) is 2.02. The summed E-state index contributed by atoms with van der Waals surface area (Å²) in [4.78, 5) is 0. The summed E-state index contributed by atoms with van der Waals surface area (Å²) in [6.07, 6.45) is 14.2. The van der Waals surface area contributed by atoms with E-state index in [9.17, 15) is 0 Å². The van der Waals surface area contributed by atoms with Crippen LogP contribution in [0, 0.1) is 5.92 Å². The van der Waals surface area contributed by atoms with Gasteiger partial charge in [-0.05, 0) is 38.8 Å². The molecule has 1 atom stereocenters. The van der Waals surface area contributed by atoms with Gasteiger partial charge in [0.05, 0.1) is 0 Å². The minimum absolute atomic E-state index is 0.812. The van der Waals surface area contributed by atoms with Crippen LogP contribution in [0.15, 0.2) is 24.3 Å². The number of unbranched alkanes of at least 4 members (excludes halogenated alkanes) is 1. The van der Waals surface area contributed by atoms with Crippen molar-refractivity contribution >= 4 is 0 Å². The molecule has 0 fully saturated rings. The van der Waals surface area contributed by atoms with Crippen molar-refractivity contribution in [3.8, 4) is 0 Å². The van der Waals surface area contributed by atoms with E-state index in [2.05, 4.69) is 29.6 Å². The second-order valence-electron chi connectivity index (χ2n) is 3.41. The molecule has 0 aromatic heterocycles. The van der Waals surface area contributed by atoms with Gasteiger partial charge < -0.3 is 5.32 Å². The van der Waals surface area contributed by atoms with E-state index in [-0.39, 0.29) is 0 Å². The predicted molar refractivity (Wildman–Crippen MR) is 54.2 cm³/mol. The molecule has 1 rings (SSSR count). The van der Waals surface area contributed by atoms with Gasteiger partial charge in [-0.3, -0.25) is 0 Å². The highest BCUT2D eigenvalue weighted by molar-refractivity contribution is 5.10. The Morgan fingerprint density at radius 2 is 2.25 bits per heavy atom. The van der Waals surface area contributed by atoms with Crippen LogP contribution in [-0.2, 0) is 0 Å². The normalized spacial score (nSPS) is 21.6. The van der Waals surface area contributed by atoms with Gasteiger partial charge in [0.2, 0.25) is 0 Å². The van der Waals surface area contributed by atoms with Gasteiger partial charge in [0.1, 0.15) is 0 Å².